The second-order valence-electron chi connectivity index (χ2n) is 9.24. The number of carbonyl (C=O) groups excluding carboxylic acids is 2. The summed E-state index contributed by atoms with van der Waals surface area (Å²) in [6.45, 7) is 2.37. The first-order valence-corrected chi connectivity index (χ1v) is 12.6. The zero-order valence-electron chi connectivity index (χ0n) is 21.7. The van der Waals surface area contributed by atoms with Crippen LogP contribution in [0.5, 0.6) is 11.5 Å². The number of hydrogen-bond donors (Lipinski definition) is 1. The van der Waals surface area contributed by atoms with Gasteiger partial charge in [0, 0.05) is 17.3 Å². The Morgan fingerprint density at radius 2 is 1.67 bits per heavy atom. The molecule has 0 aliphatic carbocycles. The Labute approximate surface area is 227 Å². The van der Waals surface area contributed by atoms with Crippen molar-refractivity contribution in [2.24, 2.45) is 0 Å². The fraction of sp³-hybridized carbons (Fsp3) is 0.156. The highest BCUT2D eigenvalue weighted by Gasteiger charge is 2.47. The van der Waals surface area contributed by atoms with Crippen LogP contribution in [-0.2, 0) is 22.7 Å². The lowest BCUT2D eigenvalue weighted by Crippen LogP contribution is -2.29. The smallest absolute Gasteiger partial charge is 0.296 e. The molecule has 7 heteroatoms. The number of aromatic nitrogens is 1. The predicted octanol–water partition coefficient (Wildman–Crippen LogP) is 5.60. The van der Waals surface area contributed by atoms with Crippen molar-refractivity contribution in [2.75, 3.05) is 7.11 Å². The van der Waals surface area contributed by atoms with Gasteiger partial charge in [0.05, 0.1) is 31.0 Å². The number of carbonyl (C=O) groups is 2. The van der Waals surface area contributed by atoms with E-state index in [1.165, 1.54) is 12.0 Å². The lowest BCUT2D eigenvalue weighted by molar-refractivity contribution is -0.140. The standard InChI is InChI=1S/C32H28N2O5/c1-21-18-23(15-16-26(21)39-20-22-10-4-3-5-11-22)30(35)28-29(25-13-6-7-14-27(25)38-2)34(32(37)31(28)36)19-24-12-8-9-17-33-24/h3-18,29,35H,19-20H2,1-2H3/b30-28+. The predicted molar refractivity (Wildman–Crippen MR) is 147 cm³/mol. The van der Waals surface area contributed by atoms with E-state index in [2.05, 4.69) is 4.98 Å². The van der Waals surface area contributed by atoms with Gasteiger partial charge < -0.3 is 19.5 Å². The van der Waals surface area contributed by atoms with E-state index in [0.717, 1.165) is 11.1 Å². The zero-order chi connectivity index (χ0) is 27.4. The highest BCUT2D eigenvalue weighted by molar-refractivity contribution is 6.46. The molecule has 1 fully saturated rings. The van der Waals surface area contributed by atoms with Gasteiger partial charge in [-0.2, -0.15) is 0 Å². The Hall–Kier alpha value is -4.91. The fourth-order valence-corrected chi connectivity index (χ4v) is 4.77. The largest absolute Gasteiger partial charge is 0.507 e. The molecule has 1 aliphatic rings. The van der Waals surface area contributed by atoms with Crippen molar-refractivity contribution < 1.29 is 24.2 Å². The highest BCUT2D eigenvalue weighted by atomic mass is 16.5. The number of pyridine rings is 1. The second-order valence-corrected chi connectivity index (χ2v) is 9.24. The molecule has 3 aromatic carbocycles. The summed E-state index contributed by atoms with van der Waals surface area (Å²) in [5.74, 6) is -0.570. The van der Waals surface area contributed by atoms with Gasteiger partial charge in [-0.05, 0) is 54.4 Å². The third-order valence-corrected chi connectivity index (χ3v) is 6.72. The molecular weight excluding hydrogens is 492 g/mol. The van der Waals surface area contributed by atoms with Crippen LogP contribution >= 0.6 is 0 Å². The average molecular weight is 521 g/mol. The van der Waals surface area contributed by atoms with Crippen molar-refractivity contribution >= 4 is 17.4 Å². The third-order valence-electron chi connectivity index (χ3n) is 6.72. The van der Waals surface area contributed by atoms with E-state index in [0.29, 0.717) is 34.9 Å². The number of Topliss-reactive ketones (excluding diaryl/α,β-unsaturated/α-hetero) is 1. The van der Waals surface area contributed by atoms with E-state index in [9.17, 15) is 14.7 Å². The minimum atomic E-state index is -0.863. The first-order valence-electron chi connectivity index (χ1n) is 12.6. The third kappa shape index (κ3) is 5.25. The van der Waals surface area contributed by atoms with Crippen molar-refractivity contribution in [3.05, 3.63) is 131 Å². The van der Waals surface area contributed by atoms with Crippen LogP contribution in [0, 0.1) is 6.92 Å². The molecule has 196 valence electrons. The normalized spacial score (nSPS) is 16.4. The maximum Gasteiger partial charge on any atom is 0.296 e. The van der Waals surface area contributed by atoms with E-state index in [1.54, 1.807) is 48.7 Å². The molecule has 0 spiro atoms. The lowest BCUT2D eigenvalue weighted by atomic mass is 9.94. The van der Waals surface area contributed by atoms with Crippen molar-refractivity contribution in [1.82, 2.24) is 9.88 Å². The SMILES string of the molecule is COc1ccccc1C1/C(=C(\O)c2ccc(OCc3ccccc3)c(C)c2)C(=O)C(=O)N1Cc1ccccn1. The number of rotatable bonds is 8. The Morgan fingerprint density at radius 3 is 2.38 bits per heavy atom. The molecule has 2 heterocycles. The van der Waals surface area contributed by atoms with Gasteiger partial charge in [0.25, 0.3) is 11.7 Å². The molecule has 1 aromatic heterocycles. The molecule has 1 aliphatic heterocycles. The zero-order valence-corrected chi connectivity index (χ0v) is 21.7. The van der Waals surface area contributed by atoms with E-state index in [4.69, 9.17) is 9.47 Å². The molecule has 1 saturated heterocycles. The first kappa shape index (κ1) is 25.7. The summed E-state index contributed by atoms with van der Waals surface area (Å²) >= 11 is 0. The Morgan fingerprint density at radius 1 is 0.923 bits per heavy atom. The monoisotopic (exact) mass is 520 g/mol. The van der Waals surface area contributed by atoms with Crippen LogP contribution in [0.2, 0.25) is 0 Å². The number of aryl methyl sites for hydroxylation is 1. The molecule has 7 nitrogen and oxygen atoms in total. The van der Waals surface area contributed by atoms with Crippen LogP contribution in [0.4, 0.5) is 0 Å². The Balaban J connectivity index is 1.54. The summed E-state index contributed by atoms with van der Waals surface area (Å²) in [4.78, 5) is 32.5. The lowest BCUT2D eigenvalue weighted by Gasteiger charge is -2.26. The van der Waals surface area contributed by atoms with Crippen molar-refractivity contribution in [1.29, 1.82) is 0 Å². The summed E-state index contributed by atoms with van der Waals surface area (Å²) in [6, 6.07) is 26.7. The summed E-state index contributed by atoms with van der Waals surface area (Å²) in [5, 5.41) is 11.5. The van der Waals surface area contributed by atoms with Crippen molar-refractivity contribution in [3.8, 4) is 11.5 Å². The number of benzene rings is 3. The number of aliphatic hydroxyl groups excluding tert-OH is 1. The molecule has 1 atom stereocenters. The molecule has 0 bridgehead atoms. The summed E-state index contributed by atoms with van der Waals surface area (Å²) in [7, 11) is 1.53. The van der Waals surface area contributed by atoms with Crippen LogP contribution in [0.1, 0.15) is 34.0 Å². The summed E-state index contributed by atoms with van der Waals surface area (Å²) in [6.07, 6.45) is 1.63. The highest BCUT2D eigenvalue weighted by Crippen LogP contribution is 2.43. The van der Waals surface area contributed by atoms with Crippen LogP contribution in [0.15, 0.2) is 103 Å². The van der Waals surface area contributed by atoms with Gasteiger partial charge in [0.15, 0.2) is 0 Å². The average Bonchev–Trinajstić information content (AvgIpc) is 3.22. The fourth-order valence-electron chi connectivity index (χ4n) is 4.77. The number of methoxy groups -OCH3 is 1. The van der Waals surface area contributed by atoms with Gasteiger partial charge >= 0.3 is 0 Å². The number of amides is 1. The molecule has 0 saturated carbocycles. The molecule has 1 N–H and O–H groups in total. The molecule has 1 unspecified atom stereocenters. The van der Waals surface area contributed by atoms with Crippen LogP contribution in [0.25, 0.3) is 5.76 Å². The number of likely N-dealkylation sites (tertiary alicyclic amines) is 1. The molecular formula is C32H28N2O5. The van der Waals surface area contributed by atoms with E-state index in [1.807, 2.05) is 55.5 Å². The van der Waals surface area contributed by atoms with Gasteiger partial charge in [0.2, 0.25) is 0 Å². The maximum atomic E-state index is 13.4. The van der Waals surface area contributed by atoms with Gasteiger partial charge in [0.1, 0.15) is 23.9 Å². The summed E-state index contributed by atoms with van der Waals surface area (Å²) < 4.78 is 11.5. The minimum Gasteiger partial charge on any atom is -0.507 e. The number of nitrogens with zero attached hydrogens (tertiary/aromatic N) is 2. The van der Waals surface area contributed by atoms with Crippen molar-refractivity contribution in [2.45, 2.75) is 26.1 Å². The van der Waals surface area contributed by atoms with Gasteiger partial charge in [-0.1, -0.05) is 54.6 Å². The summed E-state index contributed by atoms with van der Waals surface area (Å²) in [5.41, 5.74) is 3.44. The van der Waals surface area contributed by atoms with Gasteiger partial charge in [-0.25, -0.2) is 0 Å². The minimum absolute atomic E-state index is 0.00205. The van der Waals surface area contributed by atoms with E-state index >= 15 is 0 Å². The topological polar surface area (TPSA) is 89.0 Å². The number of para-hydroxylation sites is 1. The number of ether oxygens (including phenoxy) is 2. The van der Waals surface area contributed by atoms with Crippen molar-refractivity contribution in [3.63, 3.8) is 0 Å². The Kier molecular flexibility index (Phi) is 7.41. The molecule has 4 aromatic rings. The number of aliphatic hydroxyl groups is 1. The number of hydrogen-bond acceptors (Lipinski definition) is 6. The van der Waals surface area contributed by atoms with Gasteiger partial charge in [-0.3, -0.25) is 14.6 Å². The van der Waals surface area contributed by atoms with E-state index in [-0.39, 0.29) is 17.9 Å². The first-order chi connectivity index (χ1) is 19.0. The van der Waals surface area contributed by atoms with E-state index < -0.39 is 17.7 Å². The molecule has 0 radical (unpaired) electrons. The van der Waals surface area contributed by atoms with Crippen LogP contribution in [-0.4, -0.2) is 33.8 Å². The molecule has 39 heavy (non-hydrogen) atoms. The van der Waals surface area contributed by atoms with Crippen LogP contribution < -0.4 is 9.47 Å². The maximum absolute atomic E-state index is 13.4. The number of ketones is 1. The second kappa shape index (κ2) is 11.2. The van der Waals surface area contributed by atoms with Gasteiger partial charge in [-0.15, -0.1) is 0 Å². The Bertz CT molecular complexity index is 1530. The molecule has 1 amide bonds. The molecule has 5 rings (SSSR count). The quantitative estimate of drug-likeness (QED) is 0.185. The van der Waals surface area contributed by atoms with Crippen LogP contribution in [0.3, 0.4) is 0 Å².